The molecule has 0 unspecified atom stereocenters. The molecule has 0 spiro atoms. The molecule has 1 amide bonds. The van der Waals surface area contributed by atoms with E-state index in [1.165, 1.54) is 0 Å². The molecule has 0 saturated carbocycles. The average Bonchev–Trinajstić information content (AvgIpc) is 3.13. The van der Waals surface area contributed by atoms with Crippen molar-refractivity contribution in [3.05, 3.63) is 77.3 Å². The first-order valence-corrected chi connectivity index (χ1v) is 9.59. The lowest BCUT2D eigenvalue weighted by Crippen LogP contribution is -2.35. The highest BCUT2D eigenvalue weighted by molar-refractivity contribution is 7.18. The Kier molecular flexibility index (Phi) is 5.09. The Balaban J connectivity index is 1.45. The van der Waals surface area contributed by atoms with E-state index in [0.29, 0.717) is 13.0 Å². The van der Waals surface area contributed by atoms with Crippen LogP contribution in [0.4, 0.5) is 0 Å². The van der Waals surface area contributed by atoms with Crippen LogP contribution in [0.1, 0.15) is 29.3 Å². The van der Waals surface area contributed by atoms with Gasteiger partial charge in [-0.05, 0) is 30.5 Å². The second-order valence-corrected chi connectivity index (χ2v) is 7.48. The van der Waals surface area contributed by atoms with Gasteiger partial charge in [0.1, 0.15) is 0 Å². The van der Waals surface area contributed by atoms with Crippen molar-refractivity contribution in [2.75, 3.05) is 0 Å². The lowest BCUT2D eigenvalue weighted by Gasteiger charge is -2.25. The summed E-state index contributed by atoms with van der Waals surface area (Å²) >= 11 is 1.68. The Hall–Kier alpha value is -2.50. The smallest absolute Gasteiger partial charge is 0.247 e. The molecule has 0 aliphatic heterocycles. The number of fused-ring (bicyclic) bond motifs is 1. The highest BCUT2D eigenvalue weighted by atomic mass is 32.1. The summed E-state index contributed by atoms with van der Waals surface area (Å²) in [5.74, 6) is -0.136. The molecular weight excluding hydrogens is 344 g/mol. The monoisotopic (exact) mass is 364 g/mol. The molecule has 26 heavy (non-hydrogen) atoms. The van der Waals surface area contributed by atoms with Gasteiger partial charge < -0.3 is 0 Å². The summed E-state index contributed by atoms with van der Waals surface area (Å²) in [6.45, 7) is 0.362. The molecule has 0 radical (unpaired) electrons. The highest BCUT2D eigenvalue weighted by Crippen LogP contribution is 2.38. The Labute approximate surface area is 156 Å². The largest absolute Gasteiger partial charge is 0.272 e. The van der Waals surface area contributed by atoms with Crippen LogP contribution in [0.15, 0.2) is 66.7 Å². The fourth-order valence-electron chi connectivity index (χ4n) is 3.27. The molecule has 5 heteroatoms. The molecule has 4 nitrogen and oxygen atoms in total. The summed E-state index contributed by atoms with van der Waals surface area (Å²) in [4.78, 5) is 22.9. The van der Waals surface area contributed by atoms with Gasteiger partial charge in [0, 0.05) is 5.92 Å². The minimum absolute atomic E-state index is 0.0745. The Bertz CT molecular complexity index is 887. The quantitative estimate of drug-likeness (QED) is 0.532. The number of hydroxylamine groups is 1. The molecule has 132 valence electrons. The Morgan fingerprint density at radius 3 is 2.69 bits per heavy atom. The van der Waals surface area contributed by atoms with Crippen molar-refractivity contribution in [1.29, 1.82) is 0 Å². The molecule has 2 atom stereocenters. The molecular formula is C21H20N2O2S. The van der Waals surface area contributed by atoms with Gasteiger partial charge in [-0.3, -0.25) is 9.63 Å². The summed E-state index contributed by atoms with van der Waals surface area (Å²) < 4.78 is 1.16. The molecule has 4 rings (SSSR count). The number of para-hydroxylation sites is 1. The summed E-state index contributed by atoms with van der Waals surface area (Å²) in [6, 6.07) is 17.9. The molecule has 1 heterocycles. The number of aromatic nitrogens is 1. The van der Waals surface area contributed by atoms with Crippen molar-refractivity contribution in [3.63, 3.8) is 0 Å². The summed E-state index contributed by atoms with van der Waals surface area (Å²) in [6.07, 6.45) is 5.76. The maximum atomic E-state index is 12.7. The molecule has 0 bridgehead atoms. The number of benzene rings is 2. The maximum Gasteiger partial charge on any atom is 0.247 e. The molecule has 1 aliphatic rings. The number of nitrogens with zero attached hydrogens (tertiary/aromatic N) is 1. The number of carbonyl (C=O) groups is 1. The number of hydrogen-bond acceptors (Lipinski definition) is 4. The van der Waals surface area contributed by atoms with Crippen LogP contribution in [0.5, 0.6) is 0 Å². The summed E-state index contributed by atoms with van der Waals surface area (Å²) in [5.41, 5.74) is 4.67. The molecule has 1 aliphatic carbocycles. The topological polar surface area (TPSA) is 51.2 Å². The van der Waals surface area contributed by atoms with Crippen molar-refractivity contribution in [3.8, 4) is 0 Å². The van der Waals surface area contributed by atoms with Crippen LogP contribution in [-0.4, -0.2) is 10.9 Å². The summed E-state index contributed by atoms with van der Waals surface area (Å²) in [5, 5.41) is 1.03. The zero-order chi connectivity index (χ0) is 17.8. The van der Waals surface area contributed by atoms with E-state index < -0.39 is 0 Å². The third kappa shape index (κ3) is 3.69. The van der Waals surface area contributed by atoms with Gasteiger partial charge in [0.2, 0.25) is 5.91 Å². The van der Waals surface area contributed by atoms with Crippen LogP contribution >= 0.6 is 11.3 Å². The number of nitrogens with one attached hydrogen (secondary N) is 1. The van der Waals surface area contributed by atoms with Crippen LogP contribution in [0.25, 0.3) is 10.2 Å². The van der Waals surface area contributed by atoms with Gasteiger partial charge in [-0.25, -0.2) is 10.5 Å². The van der Waals surface area contributed by atoms with Crippen molar-refractivity contribution in [2.24, 2.45) is 5.92 Å². The molecule has 3 aromatic rings. The van der Waals surface area contributed by atoms with Gasteiger partial charge >= 0.3 is 0 Å². The third-order valence-electron chi connectivity index (χ3n) is 4.65. The highest BCUT2D eigenvalue weighted by Gasteiger charge is 2.32. The molecule has 1 N–H and O–H groups in total. The Morgan fingerprint density at radius 2 is 1.85 bits per heavy atom. The van der Waals surface area contributed by atoms with Crippen LogP contribution in [0.2, 0.25) is 0 Å². The van der Waals surface area contributed by atoms with E-state index in [1.807, 2.05) is 48.5 Å². The second kappa shape index (κ2) is 7.81. The van der Waals surface area contributed by atoms with Crippen LogP contribution in [0.3, 0.4) is 0 Å². The lowest BCUT2D eigenvalue weighted by atomic mass is 9.83. The van der Waals surface area contributed by atoms with Crippen molar-refractivity contribution < 1.29 is 9.63 Å². The van der Waals surface area contributed by atoms with Crippen molar-refractivity contribution in [2.45, 2.75) is 25.4 Å². The number of allylic oxidation sites excluding steroid dienone is 2. The first-order valence-electron chi connectivity index (χ1n) is 8.77. The van der Waals surface area contributed by atoms with E-state index >= 15 is 0 Å². The third-order valence-corrected chi connectivity index (χ3v) is 5.82. The maximum absolute atomic E-state index is 12.7. The predicted octanol–water partition coefficient (Wildman–Crippen LogP) is 4.59. The van der Waals surface area contributed by atoms with E-state index in [0.717, 1.165) is 27.2 Å². The van der Waals surface area contributed by atoms with E-state index in [-0.39, 0.29) is 17.7 Å². The summed E-state index contributed by atoms with van der Waals surface area (Å²) in [7, 11) is 0. The zero-order valence-electron chi connectivity index (χ0n) is 14.3. The SMILES string of the molecule is O=C(NOCc1ccccc1)[C@@H]1CC=CC[C@@H]1c1nc2ccccc2s1. The van der Waals surface area contributed by atoms with Crippen LogP contribution in [-0.2, 0) is 16.2 Å². The number of amides is 1. The van der Waals surface area contributed by atoms with Crippen molar-refractivity contribution >= 4 is 27.5 Å². The van der Waals surface area contributed by atoms with E-state index in [2.05, 4.69) is 23.7 Å². The molecule has 2 aromatic carbocycles. The zero-order valence-corrected chi connectivity index (χ0v) is 15.1. The molecule has 1 aromatic heterocycles. The minimum atomic E-state index is -0.156. The van der Waals surface area contributed by atoms with Gasteiger partial charge in [-0.2, -0.15) is 0 Å². The van der Waals surface area contributed by atoms with E-state index in [1.54, 1.807) is 11.3 Å². The molecule has 0 saturated heterocycles. The number of rotatable bonds is 5. The van der Waals surface area contributed by atoms with Crippen molar-refractivity contribution in [1.82, 2.24) is 10.5 Å². The number of carbonyl (C=O) groups excluding carboxylic acids is 1. The van der Waals surface area contributed by atoms with Gasteiger partial charge in [-0.1, -0.05) is 54.6 Å². The second-order valence-electron chi connectivity index (χ2n) is 6.42. The predicted molar refractivity (Wildman–Crippen MR) is 104 cm³/mol. The lowest BCUT2D eigenvalue weighted by molar-refractivity contribution is -0.139. The Morgan fingerprint density at radius 1 is 1.08 bits per heavy atom. The van der Waals surface area contributed by atoms with Gasteiger partial charge in [0.15, 0.2) is 0 Å². The fourth-order valence-corrected chi connectivity index (χ4v) is 4.41. The van der Waals surface area contributed by atoms with Gasteiger partial charge in [0.05, 0.1) is 27.7 Å². The van der Waals surface area contributed by atoms with Gasteiger partial charge in [0.25, 0.3) is 0 Å². The van der Waals surface area contributed by atoms with Crippen LogP contribution in [0, 0.1) is 5.92 Å². The normalized spacial score (nSPS) is 19.5. The van der Waals surface area contributed by atoms with E-state index in [9.17, 15) is 4.79 Å². The minimum Gasteiger partial charge on any atom is -0.272 e. The standard InChI is InChI=1S/C21H20N2O2S/c24-20(23-25-14-15-8-2-1-3-9-15)16-10-4-5-11-17(16)21-22-18-12-6-7-13-19(18)26-21/h1-9,12-13,16-17H,10-11,14H2,(H,23,24)/t16-,17+/m1/s1. The number of thiazole rings is 1. The van der Waals surface area contributed by atoms with E-state index in [4.69, 9.17) is 9.82 Å². The number of hydrogen-bond donors (Lipinski definition) is 1. The van der Waals surface area contributed by atoms with Crippen LogP contribution < -0.4 is 5.48 Å². The fraction of sp³-hybridized carbons (Fsp3) is 0.238. The van der Waals surface area contributed by atoms with Gasteiger partial charge in [-0.15, -0.1) is 11.3 Å². The first-order chi connectivity index (χ1) is 12.8. The average molecular weight is 364 g/mol. The molecule has 0 fully saturated rings. The first kappa shape index (κ1) is 16.9.